The first kappa shape index (κ1) is 12.1. The van der Waals surface area contributed by atoms with E-state index in [-0.39, 0.29) is 0 Å². The lowest BCUT2D eigenvalue weighted by Crippen LogP contribution is -2.10. The lowest BCUT2D eigenvalue weighted by atomic mass is 10.1. The molecule has 0 aliphatic heterocycles. The minimum absolute atomic E-state index is 0.417. The van der Waals surface area contributed by atoms with Gasteiger partial charge in [-0.1, -0.05) is 13.0 Å². The predicted molar refractivity (Wildman–Crippen MR) is 74.5 cm³/mol. The maximum atomic E-state index is 5.88. The number of tetrazole rings is 1. The Morgan fingerprint density at radius 3 is 2.89 bits per heavy atom. The second-order valence-corrected chi connectivity index (χ2v) is 5.59. The van der Waals surface area contributed by atoms with Gasteiger partial charge in [0, 0.05) is 11.3 Å². The lowest BCUT2D eigenvalue weighted by Gasteiger charge is -2.13. The molecular weight excluding hydrogens is 238 g/mol. The van der Waals surface area contributed by atoms with Crippen LogP contribution in [-0.4, -0.2) is 20.2 Å². The SMILES string of the molecule is Cc1ccc(N)cc1-c1nnnn1C1CCC(C)C1. The maximum Gasteiger partial charge on any atom is 0.182 e. The van der Waals surface area contributed by atoms with Gasteiger partial charge in [0.2, 0.25) is 0 Å². The summed E-state index contributed by atoms with van der Waals surface area (Å²) in [4.78, 5) is 0. The molecule has 1 aliphatic rings. The van der Waals surface area contributed by atoms with Crippen LogP contribution in [0.15, 0.2) is 18.2 Å². The molecule has 0 amide bonds. The van der Waals surface area contributed by atoms with Crippen molar-refractivity contribution >= 4 is 5.69 Å². The largest absolute Gasteiger partial charge is 0.399 e. The Bertz CT molecular complexity index is 589. The van der Waals surface area contributed by atoms with Crippen LogP contribution in [0.25, 0.3) is 11.4 Å². The Morgan fingerprint density at radius 1 is 1.32 bits per heavy atom. The van der Waals surface area contributed by atoms with Crippen molar-refractivity contribution in [3.05, 3.63) is 23.8 Å². The van der Waals surface area contributed by atoms with Crippen molar-refractivity contribution in [2.75, 3.05) is 5.73 Å². The number of hydrogen-bond acceptors (Lipinski definition) is 4. The van der Waals surface area contributed by atoms with Gasteiger partial charge in [0.25, 0.3) is 0 Å². The van der Waals surface area contributed by atoms with E-state index in [1.165, 1.54) is 6.42 Å². The highest BCUT2D eigenvalue weighted by Gasteiger charge is 2.26. The fraction of sp³-hybridized carbons (Fsp3) is 0.500. The van der Waals surface area contributed by atoms with Crippen molar-refractivity contribution in [2.45, 2.75) is 39.2 Å². The van der Waals surface area contributed by atoms with Crippen LogP contribution in [0, 0.1) is 12.8 Å². The average molecular weight is 257 g/mol. The fourth-order valence-electron chi connectivity index (χ4n) is 2.90. The maximum absolute atomic E-state index is 5.88. The van der Waals surface area contributed by atoms with E-state index in [0.717, 1.165) is 41.4 Å². The van der Waals surface area contributed by atoms with Crippen LogP contribution in [0.2, 0.25) is 0 Å². The van der Waals surface area contributed by atoms with Crippen molar-refractivity contribution < 1.29 is 0 Å². The summed E-state index contributed by atoms with van der Waals surface area (Å²) < 4.78 is 1.98. The molecule has 100 valence electrons. The topological polar surface area (TPSA) is 69.6 Å². The van der Waals surface area contributed by atoms with E-state index in [4.69, 9.17) is 5.73 Å². The zero-order valence-electron chi connectivity index (χ0n) is 11.4. The van der Waals surface area contributed by atoms with Crippen LogP contribution >= 0.6 is 0 Å². The van der Waals surface area contributed by atoms with E-state index in [9.17, 15) is 0 Å². The van der Waals surface area contributed by atoms with E-state index in [2.05, 4.69) is 29.4 Å². The highest BCUT2D eigenvalue weighted by Crippen LogP contribution is 2.36. The van der Waals surface area contributed by atoms with Gasteiger partial charge in [-0.05, 0) is 60.2 Å². The monoisotopic (exact) mass is 257 g/mol. The fourth-order valence-corrected chi connectivity index (χ4v) is 2.90. The van der Waals surface area contributed by atoms with Crippen LogP contribution in [0.4, 0.5) is 5.69 Å². The van der Waals surface area contributed by atoms with Crippen LogP contribution in [0.5, 0.6) is 0 Å². The minimum Gasteiger partial charge on any atom is -0.399 e. The van der Waals surface area contributed by atoms with Crippen molar-refractivity contribution in [2.24, 2.45) is 5.92 Å². The van der Waals surface area contributed by atoms with Crippen LogP contribution < -0.4 is 5.73 Å². The van der Waals surface area contributed by atoms with Crippen molar-refractivity contribution in [1.82, 2.24) is 20.2 Å². The second-order valence-electron chi connectivity index (χ2n) is 5.59. The summed E-state index contributed by atoms with van der Waals surface area (Å²) in [5.41, 5.74) is 8.81. The van der Waals surface area contributed by atoms with Crippen molar-refractivity contribution in [1.29, 1.82) is 0 Å². The highest BCUT2D eigenvalue weighted by molar-refractivity contribution is 5.65. The lowest BCUT2D eigenvalue weighted by molar-refractivity contribution is 0.443. The Labute approximate surface area is 112 Å². The molecule has 5 heteroatoms. The molecule has 1 fully saturated rings. The third-order valence-electron chi connectivity index (χ3n) is 4.01. The van der Waals surface area contributed by atoms with Crippen molar-refractivity contribution in [3.8, 4) is 11.4 Å². The minimum atomic E-state index is 0.417. The number of anilines is 1. The van der Waals surface area contributed by atoms with E-state index >= 15 is 0 Å². The molecule has 2 N–H and O–H groups in total. The average Bonchev–Trinajstić information content (AvgIpc) is 3.00. The van der Waals surface area contributed by atoms with E-state index < -0.39 is 0 Å². The van der Waals surface area contributed by atoms with Gasteiger partial charge in [0.05, 0.1) is 6.04 Å². The summed E-state index contributed by atoms with van der Waals surface area (Å²) in [5, 5.41) is 12.3. The van der Waals surface area contributed by atoms with Gasteiger partial charge in [0.15, 0.2) is 5.82 Å². The summed E-state index contributed by atoms with van der Waals surface area (Å²) in [6.07, 6.45) is 3.56. The van der Waals surface area contributed by atoms with Crippen LogP contribution in [0.3, 0.4) is 0 Å². The molecule has 0 bridgehead atoms. The molecule has 2 unspecified atom stereocenters. The van der Waals surface area contributed by atoms with E-state index in [1.807, 2.05) is 22.9 Å². The van der Waals surface area contributed by atoms with Crippen LogP contribution in [0.1, 0.15) is 37.8 Å². The highest BCUT2D eigenvalue weighted by atomic mass is 15.5. The molecule has 1 saturated carbocycles. The Hall–Kier alpha value is -1.91. The summed E-state index contributed by atoms with van der Waals surface area (Å²) in [7, 11) is 0. The number of nitrogens with zero attached hydrogens (tertiary/aromatic N) is 4. The molecule has 3 rings (SSSR count). The smallest absolute Gasteiger partial charge is 0.182 e. The van der Waals surface area contributed by atoms with E-state index in [0.29, 0.717) is 6.04 Å². The normalized spacial score (nSPS) is 22.8. The van der Waals surface area contributed by atoms with Gasteiger partial charge >= 0.3 is 0 Å². The molecule has 2 atom stereocenters. The number of rotatable bonds is 2. The molecule has 1 aromatic heterocycles. The molecule has 19 heavy (non-hydrogen) atoms. The summed E-state index contributed by atoms with van der Waals surface area (Å²) in [6, 6.07) is 6.29. The molecule has 0 saturated heterocycles. The number of aryl methyl sites for hydroxylation is 1. The Kier molecular flexibility index (Phi) is 2.97. The zero-order chi connectivity index (χ0) is 13.4. The van der Waals surface area contributed by atoms with Gasteiger partial charge in [-0.2, -0.15) is 0 Å². The standard InChI is InChI=1S/C14H19N5/c1-9-3-6-12(7-9)19-14(16-17-18-19)13-8-11(15)5-4-10(13)2/h4-5,8-9,12H,3,6-7,15H2,1-2H3. The zero-order valence-corrected chi connectivity index (χ0v) is 11.4. The molecule has 1 aromatic carbocycles. The third-order valence-corrected chi connectivity index (χ3v) is 4.01. The Balaban J connectivity index is 2.02. The molecule has 0 spiro atoms. The molecular formula is C14H19N5. The summed E-state index contributed by atoms with van der Waals surface area (Å²) in [6.45, 7) is 4.35. The quantitative estimate of drug-likeness (QED) is 0.839. The van der Waals surface area contributed by atoms with Crippen molar-refractivity contribution in [3.63, 3.8) is 0 Å². The number of benzene rings is 1. The predicted octanol–water partition coefficient (Wildman–Crippen LogP) is 2.59. The van der Waals surface area contributed by atoms with E-state index in [1.54, 1.807) is 0 Å². The molecule has 0 radical (unpaired) electrons. The number of nitrogens with two attached hydrogens (primary N) is 1. The number of aromatic nitrogens is 4. The van der Waals surface area contributed by atoms with Gasteiger partial charge < -0.3 is 5.73 Å². The van der Waals surface area contributed by atoms with Gasteiger partial charge in [-0.25, -0.2) is 4.68 Å². The first-order chi connectivity index (χ1) is 9.15. The number of nitrogen functional groups attached to an aromatic ring is 1. The molecule has 1 heterocycles. The van der Waals surface area contributed by atoms with Gasteiger partial charge in [0.1, 0.15) is 0 Å². The molecule has 1 aliphatic carbocycles. The van der Waals surface area contributed by atoms with Crippen LogP contribution in [-0.2, 0) is 0 Å². The molecule has 5 nitrogen and oxygen atoms in total. The Morgan fingerprint density at radius 2 is 2.16 bits per heavy atom. The summed E-state index contributed by atoms with van der Waals surface area (Å²) in [5.74, 6) is 1.59. The summed E-state index contributed by atoms with van der Waals surface area (Å²) >= 11 is 0. The first-order valence-corrected chi connectivity index (χ1v) is 6.79. The number of hydrogen-bond donors (Lipinski definition) is 1. The second kappa shape index (κ2) is 4.64. The third kappa shape index (κ3) is 2.20. The molecule has 2 aromatic rings. The first-order valence-electron chi connectivity index (χ1n) is 6.79. The van der Waals surface area contributed by atoms with Gasteiger partial charge in [-0.3, -0.25) is 0 Å². The van der Waals surface area contributed by atoms with Gasteiger partial charge in [-0.15, -0.1) is 5.10 Å².